The molecule has 136 valence electrons. The summed E-state index contributed by atoms with van der Waals surface area (Å²) in [4.78, 5) is 21.6. The number of rotatable bonds is 7. The number of alkyl halides is 2. The maximum absolute atomic E-state index is 12.2. The van der Waals surface area contributed by atoms with Gasteiger partial charge in [0.15, 0.2) is 5.13 Å². The van der Waals surface area contributed by atoms with E-state index in [-0.39, 0.29) is 11.7 Å². The maximum atomic E-state index is 12.2. The highest BCUT2D eigenvalue weighted by Gasteiger charge is 2.13. The van der Waals surface area contributed by atoms with Crippen LogP contribution in [0.25, 0.3) is 11.3 Å². The van der Waals surface area contributed by atoms with Crippen LogP contribution in [-0.2, 0) is 11.2 Å². The molecule has 0 aliphatic heterocycles. The summed E-state index contributed by atoms with van der Waals surface area (Å²) in [6, 6.07) is 6.25. The van der Waals surface area contributed by atoms with Crippen LogP contribution in [0.3, 0.4) is 0 Å². The zero-order valence-corrected chi connectivity index (χ0v) is 15.4. The Kier molecular flexibility index (Phi) is 5.89. The zero-order valence-electron chi connectivity index (χ0n) is 13.7. The number of nitrogens with zero attached hydrogens (tertiary/aromatic N) is 2. The molecule has 1 amide bonds. The summed E-state index contributed by atoms with van der Waals surface area (Å²) in [5, 5.41) is 5.22. The van der Waals surface area contributed by atoms with Gasteiger partial charge in [0.05, 0.1) is 16.9 Å². The Morgan fingerprint density at radius 2 is 2.08 bits per heavy atom. The predicted molar refractivity (Wildman–Crippen MR) is 98.0 cm³/mol. The standard InChI is InChI=1S/C17H15F2N3O2S2/c1-10-15(11-2-5-13(6-3-11)24-16(18)19)22-17(26-10)21-14(23)7-4-12-8-25-9-20-12/h2-3,5-6,8-9,16H,4,7H2,1H3,(H,21,22,23). The summed E-state index contributed by atoms with van der Waals surface area (Å²) in [7, 11) is 0. The topological polar surface area (TPSA) is 64.1 Å². The smallest absolute Gasteiger partial charge is 0.387 e. The van der Waals surface area contributed by atoms with Crippen LogP contribution in [0, 0.1) is 6.92 Å². The lowest BCUT2D eigenvalue weighted by Crippen LogP contribution is -2.12. The Hall–Kier alpha value is -2.39. The summed E-state index contributed by atoms with van der Waals surface area (Å²) in [5.41, 5.74) is 4.10. The second kappa shape index (κ2) is 8.33. The molecule has 5 nitrogen and oxygen atoms in total. The summed E-state index contributed by atoms with van der Waals surface area (Å²) < 4.78 is 28.8. The van der Waals surface area contributed by atoms with Gasteiger partial charge in [0.25, 0.3) is 0 Å². The van der Waals surface area contributed by atoms with Crippen LogP contribution in [0.5, 0.6) is 5.75 Å². The van der Waals surface area contributed by atoms with Gasteiger partial charge in [-0.15, -0.1) is 22.7 Å². The number of halogens is 2. The van der Waals surface area contributed by atoms with E-state index in [4.69, 9.17) is 0 Å². The van der Waals surface area contributed by atoms with Crippen molar-refractivity contribution in [2.24, 2.45) is 0 Å². The van der Waals surface area contributed by atoms with Crippen LogP contribution in [0.4, 0.5) is 13.9 Å². The number of nitrogens with one attached hydrogen (secondary N) is 1. The van der Waals surface area contributed by atoms with Gasteiger partial charge in [0.1, 0.15) is 5.75 Å². The van der Waals surface area contributed by atoms with Gasteiger partial charge in [-0.1, -0.05) is 0 Å². The van der Waals surface area contributed by atoms with Crippen LogP contribution in [-0.4, -0.2) is 22.5 Å². The average Bonchev–Trinajstić information content (AvgIpc) is 3.23. The van der Waals surface area contributed by atoms with E-state index in [9.17, 15) is 13.6 Å². The molecule has 2 aromatic heterocycles. The van der Waals surface area contributed by atoms with Gasteiger partial charge in [-0.3, -0.25) is 4.79 Å². The molecule has 3 rings (SSSR count). The first-order valence-electron chi connectivity index (χ1n) is 7.71. The molecule has 2 heterocycles. The number of benzene rings is 1. The molecule has 0 atom stereocenters. The van der Waals surface area contributed by atoms with E-state index in [1.807, 2.05) is 12.3 Å². The van der Waals surface area contributed by atoms with Crippen LogP contribution < -0.4 is 10.1 Å². The van der Waals surface area contributed by atoms with Crippen molar-refractivity contribution in [3.8, 4) is 17.0 Å². The highest BCUT2D eigenvalue weighted by Crippen LogP contribution is 2.31. The highest BCUT2D eigenvalue weighted by molar-refractivity contribution is 7.16. The van der Waals surface area contributed by atoms with Gasteiger partial charge in [-0.25, -0.2) is 9.97 Å². The van der Waals surface area contributed by atoms with E-state index in [1.165, 1.54) is 34.8 Å². The first-order chi connectivity index (χ1) is 12.5. The number of carbonyl (C=O) groups is 1. The minimum Gasteiger partial charge on any atom is -0.435 e. The van der Waals surface area contributed by atoms with Crippen LogP contribution in [0.15, 0.2) is 35.2 Å². The molecule has 0 saturated heterocycles. The van der Waals surface area contributed by atoms with E-state index in [0.717, 1.165) is 16.1 Å². The fourth-order valence-electron chi connectivity index (χ4n) is 2.30. The molecular formula is C17H15F2N3O2S2. The number of hydrogen-bond acceptors (Lipinski definition) is 6. The van der Waals surface area contributed by atoms with Crippen molar-refractivity contribution >= 4 is 33.7 Å². The number of aryl methyl sites for hydroxylation is 2. The van der Waals surface area contributed by atoms with E-state index < -0.39 is 6.61 Å². The maximum Gasteiger partial charge on any atom is 0.387 e. The summed E-state index contributed by atoms with van der Waals surface area (Å²) >= 11 is 2.87. The van der Waals surface area contributed by atoms with E-state index in [2.05, 4.69) is 20.0 Å². The quantitative estimate of drug-likeness (QED) is 0.627. The molecule has 26 heavy (non-hydrogen) atoms. The third kappa shape index (κ3) is 4.83. The Bertz CT molecular complexity index is 865. The molecule has 0 aliphatic rings. The van der Waals surface area contributed by atoms with Crippen molar-refractivity contribution in [3.05, 3.63) is 45.7 Å². The number of thiazole rings is 2. The van der Waals surface area contributed by atoms with Crippen molar-refractivity contribution in [2.75, 3.05) is 5.32 Å². The lowest BCUT2D eigenvalue weighted by atomic mass is 10.1. The molecule has 1 N–H and O–H groups in total. The normalized spacial score (nSPS) is 10.9. The molecule has 0 aliphatic carbocycles. The molecule has 9 heteroatoms. The first kappa shape index (κ1) is 18.4. The number of ether oxygens (including phenoxy) is 1. The molecular weight excluding hydrogens is 380 g/mol. The van der Waals surface area contributed by atoms with E-state index in [0.29, 0.717) is 23.7 Å². The molecule has 0 radical (unpaired) electrons. The second-order valence-corrected chi connectivity index (χ2v) is 7.28. The van der Waals surface area contributed by atoms with E-state index in [1.54, 1.807) is 17.6 Å². The average molecular weight is 395 g/mol. The highest BCUT2D eigenvalue weighted by atomic mass is 32.1. The largest absolute Gasteiger partial charge is 0.435 e. The predicted octanol–water partition coefficient (Wildman–Crippen LogP) is 4.75. The molecule has 1 aromatic carbocycles. The van der Waals surface area contributed by atoms with Gasteiger partial charge in [-0.05, 0) is 37.6 Å². The summed E-state index contributed by atoms with van der Waals surface area (Å²) in [6.07, 6.45) is 0.912. The number of amides is 1. The Labute approximate surface area is 156 Å². The van der Waals surface area contributed by atoms with Gasteiger partial charge in [0, 0.05) is 22.2 Å². The Balaban J connectivity index is 1.63. The number of anilines is 1. The summed E-state index contributed by atoms with van der Waals surface area (Å²) in [6.45, 7) is -0.963. The number of carbonyl (C=O) groups excluding carboxylic acids is 1. The van der Waals surface area contributed by atoms with Crippen molar-refractivity contribution < 1.29 is 18.3 Å². The zero-order chi connectivity index (χ0) is 18.5. The third-order valence-corrected chi connectivity index (χ3v) is 5.01. The van der Waals surface area contributed by atoms with Crippen LogP contribution in [0.1, 0.15) is 17.0 Å². The fourth-order valence-corrected chi connectivity index (χ4v) is 3.74. The van der Waals surface area contributed by atoms with Crippen LogP contribution >= 0.6 is 22.7 Å². The second-order valence-electron chi connectivity index (χ2n) is 5.35. The molecule has 0 spiro atoms. The molecule has 0 saturated carbocycles. The lowest BCUT2D eigenvalue weighted by Gasteiger charge is -2.05. The van der Waals surface area contributed by atoms with Crippen molar-refractivity contribution in [3.63, 3.8) is 0 Å². The number of aromatic nitrogens is 2. The number of hydrogen-bond donors (Lipinski definition) is 1. The van der Waals surface area contributed by atoms with Gasteiger partial charge < -0.3 is 10.1 Å². The Morgan fingerprint density at radius 1 is 1.31 bits per heavy atom. The van der Waals surface area contributed by atoms with Gasteiger partial charge in [-0.2, -0.15) is 8.78 Å². The lowest BCUT2D eigenvalue weighted by molar-refractivity contribution is -0.116. The SMILES string of the molecule is Cc1sc(NC(=O)CCc2cscn2)nc1-c1ccc(OC(F)F)cc1. The minimum absolute atomic E-state index is 0.0900. The molecule has 0 fully saturated rings. The molecule has 0 bridgehead atoms. The summed E-state index contributed by atoms with van der Waals surface area (Å²) in [5.74, 6) is -0.0359. The van der Waals surface area contributed by atoms with Gasteiger partial charge >= 0.3 is 6.61 Å². The monoisotopic (exact) mass is 395 g/mol. The third-order valence-electron chi connectivity index (χ3n) is 3.49. The van der Waals surface area contributed by atoms with E-state index >= 15 is 0 Å². The molecule has 0 unspecified atom stereocenters. The Morgan fingerprint density at radius 3 is 2.73 bits per heavy atom. The van der Waals surface area contributed by atoms with Crippen molar-refractivity contribution in [2.45, 2.75) is 26.4 Å². The van der Waals surface area contributed by atoms with Crippen molar-refractivity contribution in [1.29, 1.82) is 0 Å². The van der Waals surface area contributed by atoms with Gasteiger partial charge in [0.2, 0.25) is 5.91 Å². The fraction of sp³-hybridized carbons (Fsp3) is 0.235. The first-order valence-corrected chi connectivity index (χ1v) is 9.47. The van der Waals surface area contributed by atoms with Crippen LogP contribution in [0.2, 0.25) is 0 Å². The molecule has 3 aromatic rings. The minimum atomic E-state index is -2.85. The van der Waals surface area contributed by atoms with Crippen molar-refractivity contribution in [1.82, 2.24) is 9.97 Å².